The quantitative estimate of drug-likeness (QED) is 0.178. The molecule has 1 aliphatic heterocycles. The first-order valence-corrected chi connectivity index (χ1v) is 18.4. The van der Waals surface area contributed by atoms with Gasteiger partial charge in [0, 0.05) is 27.6 Å². The molecule has 2 heterocycles. The molecular formula is C51H31NO. The lowest BCUT2D eigenvalue weighted by molar-refractivity contribution is 0.442. The molecule has 1 spiro atoms. The molecule has 0 amide bonds. The fourth-order valence-electron chi connectivity index (χ4n) is 9.71. The third-order valence-electron chi connectivity index (χ3n) is 11.9. The highest BCUT2D eigenvalue weighted by Crippen LogP contribution is 2.63. The first-order valence-electron chi connectivity index (χ1n) is 18.4. The van der Waals surface area contributed by atoms with Gasteiger partial charge in [-0.25, -0.2) is 0 Å². The van der Waals surface area contributed by atoms with Crippen LogP contribution in [0.25, 0.3) is 71.3 Å². The standard InChI is InChI=1S/C51H31NO/c1-3-15-36-32(12-1)14-11-19-37(36)34-24-27-35(28-25-34)52-46-31-30-45-50(48(46)41-29-26-33-13-2-4-16-38(33)49(41)52)53-47-23-10-9-22-44(47)51(45)42-20-7-5-17-39(42)40-18-6-8-21-43(40)51/h1-31H. The number of hydrogen-bond donors (Lipinski definition) is 0. The second kappa shape index (κ2) is 10.6. The summed E-state index contributed by atoms with van der Waals surface area (Å²) in [6, 6.07) is 68.8. The fraction of sp³-hybridized carbons (Fsp3) is 0.0196. The molecule has 1 aromatic heterocycles. The van der Waals surface area contributed by atoms with Crippen molar-refractivity contribution >= 4 is 43.4 Å². The Morgan fingerprint density at radius 2 is 1.00 bits per heavy atom. The van der Waals surface area contributed by atoms with Gasteiger partial charge in [-0.15, -0.1) is 0 Å². The molecule has 2 heteroatoms. The van der Waals surface area contributed by atoms with Crippen molar-refractivity contribution in [1.82, 2.24) is 4.57 Å². The van der Waals surface area contributed by atoms with Crippen molar-refractivity contribution in [3.63, 3.8) is 0 Å². The van der Waals surface area contributed by atoms with Crippen molar-refractivity contribution in [2.75, 3.05) is 0 Å². The number of nitrogens with zero attached hydrogens (tertiary/aromatic N) is 1. The lowest BCUT2D eigenvalue weighted by Crippen LogP contribution is -2.32. The molecule has 0 unspecified atom stereocenters. The van der Waals surface area contributed by atoms with Crippen LogP contribution in [0.3, 0.4) is 0 Å². The van der Waals surface area contributed by atoms with Gasteiger partial charge < -0.3 is 9.30 Å². The maximum atomic E-state index is 7.18. The molecule has 10 aromatic rings. The van der Waals surface area contributed by atoms with Gasteiger partial charge in [0.2, 0.25) is 0 Å². The molecule has 53 heavy (non-hydrogen) atoms. The minimum atomic E-state index is -0.517. The van der Waals surface area contributed by atoms with E-state index in [-0.39, 0.29) is 0 Å². The number of hydrogen-bond acceptors (Lipinski definition) is 1. The van der Waals surface area contributed by atoms with Gasteiger partial charge >= 0.3 is 0 Å². The Balaban J connectivity index is 1.18. The minimum absolute atomic E-state index is 0.517. The third-order valence-corrected chi connectivity index (χ3v) is 11.9. The second-order valence-corrected chi connectivity index (χ2v) is 14.4. The number of benzene rings is 9. The van der Waals surface area contributed by atoms with E-state index in [9.17, 15) is 0 Å². The van der Waals surface area contributed by atoms with Gasteiger partial charge in [-0.1, -0.05) is 164 Å². The molecule has 0 fully saturated rings. The number of aromatic nitrogens is 1. The van der Waals surface area contributed by atoms with E-state index in [2.05, 4.69) is 193 Å². The van der Waals surface area contributed by atoms with Gasteiger partial charge in [-0.2, -0.15) is 0 Å². The molecule has 0 radical (unpaired) electrons. The summed E-state index contributed by atoms with van der Waals surface area (Å²) in [6.45, 7) is 0. The smallest absolute Gasteiger partial charge is 0.142 e. The molecule has 0 saturated heterocycles. The zero-order valence-corrected chi connectivity index (χ0v) is 28.8. The highest BCUT2D eigenvalue weighted by atomic mass is 16.5. The van der Waals surface area contributed by atoms with E-state index >= 15 is 0 Å². The Morgan fingerprint density at radius 1 is 0.396 bits per heavy atom. The lowest BCUT2D eigenvalue weighted by atomic mass is 9.66. The Bertz CT molecular complexity index is 3100. The summed E-state index contributed by atoms with van der Waals surface area (Å²) in [6.07, 6.45) is 0. The van der Waals surface area contributed by atoms with Crippen molar-refractivity contribution in [1.29, 1.82) is 0 Å². The normalized spacial score (nSPS) is 13.6. The zero-order chi connectivity index (χ0) is 34.7. The largest absolute Gasteiger partial charge is 0.456 e. The van der Waals surface area contributed by atoms with Crippen LogP contribution < -0.4 is 4.74 Å². The predicted octanol–water partition coefficient (Wildman–Crippen LogP) is 13.2. The summed E-state index contributed by atoms with van der Waals surface area (Å²) >= 11 is 0. The molecule has 246 valence electrons. The summed E-state index contributed by atoms with van der Waals surface area (Å²) in [5.41, 5.74) is 12.9. The number of ether oxygens (including phenoxy) is 1. The number of rotatable bonds is 2. The maximum absolute atomic E-state index is 7.18. The van der Waals surface area contributed by atoms with Crippen molar-refractivity contribution in [3.8, 4) is 39.4 Å². The van der Waals surface area contributed by atoms with Gasteiger partial charge in [0.25, 0.3) is 0 Å². The third kappa shape index (κ3) is 3.72. The van der Waals surface area contributed by atoms with Crippen LogP contribution in [0.2, 0.25) is 0 Å². The van der Waals surface area contributed by atoms with Crippen molar-refractivity contribution in [3.05, 3.63) is 210 Å². The van der Waals surface area contributed by atoms with E-state index in [1.165, 1.54) is 77.0 Å². The molecule has 2 aliphatic rings. The van der Waals surface area contributed by atoms with Gasteiger partial charge in [0.15, 0.2) is 0 Å². The molecule has 0 N–H and O–H groups in total. The van der Waals surface area contributed by atoms with Crippen molar-refractivity contribution < 1.29 is 4.74 Å². The highest BCUT2D eigenvalue weighted by molar-refractivity contribution is 6.21. The van der Waals surface area contributed by atoms with Crippen LogP contribution in [0, 0.1) is 0 Å². The predicted molar refractivity (Wildman–Crippen MR) is 219 cm³/mol. The average molecular weight is 674 g/mol. The van der Waals surface area contributed by atoms with Crippen LogP contribution in [0.15, 0.2) is 188 Å². The first kappa shape index (κ1) is 28.8. The summed E-state index contributed by atoms with van der Waals surface area (Å²) in [5.74, 6) is 1.83. The molecule has 9 aromatic carbocycles. The first-order chi connectivity index (χ1) is 26.3. The Morgan fingerprint density at radius 3 is 1.77 bits per heavy atom. The van der Waals surface area contributed by atoms with Crippen LogP contribution >= 0.6 is 0 Å². The summed E-state index contributed by atoms with van der Waals surface area (Å²) in [4.78, 5) is 0. The van der Waals surface area contributed by atoms with Crippen molar-refractivity contribution in [2.45, 2.75) is 5.41 Å². The molecule has 2 nitrogen and oxygen atoms in total. The minimum Gasteiger partial charge on any atom is -0.456 e. The van der Waals surface area contributed by atoms with Gasteiger partial charge in [-0.05, 0) is 73.8 Å². The molecular weight excluding hydrogens is 643 g/mol. The van der Waals surface area contributed by atoms with Crippen LogP contribution in [0.1, 0.15) is 22.3 Å². The van der Waals surface area contributed by atoms with Gasteiger partial charge in [0.1, 0.15) is 11.5 Å². The zero-order valence-electron chi connectivity index (χ0n) is 28.8. The Labute approximate surface area is 306 Å². The summed E-state index contributed by atoms with van der Waals surface area (Å²) in [5, 5.41) is 7.26. The summed E-state index contributed by atoms with van der Waals surface area (Å²) < 4.78 is 9.63. The molecule has 0 atom stereocenters. The fourth-order valence-corrected chi connectivity index (χ4v) is 9.71. The van der Waals surface area contributed by atoms with E-state index in [1.54, 1.807) is 0 Å². The van der Waals surface area contributed by atoms with Crippen LogP contribution in [0.4, 0.5) is 0 Å². The SMILES string of the molecule is c1ccc2c(c1)Oc1c(ccc3c1c1ccc4ccccc4c1n3-c1ccc(-c3cccc4ccccc34)cc1)C21c2ccccc2-c2ccccc21. The average Bonchev–Trinajstić information content (AvgIpc) is 3.73. The van der Waals surface area contributed by atoms with Gasteiger partial charge in [-0.3, -0.25) is 0 Å². The molecule has 0 saturated carbocycles. The lowest BCUT2D eigenvalue weighted by Gasteiger charge is -2.39. The van der Waals surface area contributed by atoms with E-state index in [4.69, 9.17) is 4.74 Å². The monoisotopic (exact) mass is 673 g/mol. The second-order valence-electron chi connectivity index (χ2n) is 14.4. The Hall–Kier alpha value is -6.90. The number of para-hydroxylation sites is 1. The number of fused-ring (bicyclic) bond motifs is 16. The molecule has 12 rings (SSSR count). The van der Waals surface area contributed by atoms with Gasteiger partial charge in [0.05, 0.1) is 21.8 Å². The maximum Gasteiger partial charge on any atom is 0.142 e. The van der Waals surface area contributed by atoms with Crippen LogP contribution in [-0.2, 0) is 5.41 Å². The highest BCUT2D eigenvalue weighted by Gasteiger charge is 2.51. The van der Waals surface area contributed by atoms with E-state index in [0.29, 0.717) is 0 Å². The summed E-state index contributed by atoms with van der Waals surface area (Å²) in [7, 11) is 0. The van der Waals surface area contributed by atoms with E-state index in [1.807, 2.05) is 0 Å². The molecule has 1 aliphatic carbocycles. The van der Waals surface area contributed by atoms with Crippen LogP contribution in [0.5, 0.6) is 11.5 Å². The Kier molecular flexibility index (Phi) is 5.73. The van der Waals surface area contributed by atoms with Crippen molar-refractivity contribution in [2.24, 2.45) is 0 Å². The topological polar surface area (TPSA) is 14.2 Å². The van der Waals surface area contributed by atoms with E-state index < -0.39 is 5.41 Å². The van der Waals surface area contributed by atoms with E-state index in [0.717, 1.165) is 28.1 Å². The van der Waals surface area contributed by atoms with Crippen LogP contribution in [-0.4, -0.2) is 4.57 Å². The molecule has 0 bridgehead atoms.